The molecule has 0 saturated carbocycles. The van der Waals surface area contributed by atoms with Crippen molar-refractivity contribution in [2.24, 2.45) is 0 Å². The maximum Gasteiger partial charge on any atom is 0.307 e. The molecule has 0 bridgehead atoms. The van der Waals surface area contributed by atoms with Crippen LogP contribution in [0.2, 0.25) is 0 Å². The van der Waals surface area contributed by atoms with Crippen molar-refractivity contribution in [2.75, 3.05) is 5.32 Å². The lowest BCUT2D eigenvalue weighted by molar-refractivity contribution is -0.136. The van der Waals surface area contributed by atoms with E-state index in [1.165, 1.54) is 5.56 Å². The number of hydrogen-bond donors (Lipinski definition) is 2. The van der Waals surface area contributed by atoms with Gasteiger partial charge in [-0.25, -0.2) is 0 Å². The molecule has 0 spiro atoms. The fourth-order valence-corrected chi connectivity index (χ4v) is 1.94. The van der Waals surface area contributed by atoms with Gasteiger partial charge in [0, 0.05) is 11.4 Å². The molecule has 0 saturated heterocycles. The van der Waals surface area contributed by atoms with Crippen molar-refractivity contribution in [1.29, 1.82) is 0 Å². The largest absolute Gasteiger partial charge is 0.481 e. The number of carbonyl (C=O) groups is 1. The molecule has 3 nitrogen and oxygen atoms in total. The average molecular weight is 255 g/mol. The first-order chi connectivity index (χ1) is 9.04. The number of carboxylic acid groups (broad SMARTS) is 1. The molecule has 0 aliphatic carbocycles. The highest BCUT2D eigenvalue weighted by Gasteiger charge is 2.04. The number of benzene rings is 2. The molecule has 98 valence electrons. The predicted molar refractivity (Wildman–Crippen MR) is 77.0 cm³/mol. The highest BCUT2D eigenvalue weighted by Crippen LogP contribution is 2.22. The lowest BCUT2D eigenvalue weighted by Gasteiger charge is -2.11. The third-order valence-electron chi connectivity index (χ3n) is 2.98. The summed E-state index contributed by atoms with van der Waals surface area (Å²) in [6.07, 6.45) is 0.0612. The summed E-state index contributed by atoms with van der Waals surface area (Å²) in [5, 5.41) is 12.1. The van der Waals surface area contributed by atoms with Crippen LogP contribution in [0.5, 0.6) is 0 Å². The van der Waals surface area contributed by atoms with E-state index in [1.807, 2.05) is 37.3 Å². The van der Waals surface area contributed by atoms with Gasteiger partial charge in [0.05, 0.1) is 6.42 Å². The van der Waals surface area contributed by atoms with Gasteiger partial charge in [-0.1, -0.05) is 29.8 Å². The summed E-state index contributed by atoms with van der Waals surface area (Å²) in [6.45, 7) is 4.03. The van der Waals surface area contributed by atoms with Crippen molar-refractivity contribution in [3.05, 3.63) is 59.2 Å². The van der Waals surface area contributed by atoms with Crippen LogP contribution in [0.4, 0.5) is 11.4 Å². The second-order valence-corrected chi connectivity index (χ2v) is 4.71. The van der Waals surface area contributed by atoms with Gasteiger partial charge in [-0.15, -0.1) is 0 Å². The molecule has 0 radical (unpaired) electrons. The number of anilines is 2. The van der Waals surface area contributed by atoms with Crippen molar-refractivity contribution in [2.45, 2.75) is 20.3 Å². The molecular formula is C16H17NO2. The number of carboxylic acids is 1. The first-order valence-electron chi connectivity index (χ1n) is 6.19. The van der Waals surface area contributed by atoms with Gasteiger partial charge in [-0.2, -0.15) is 0 Å². The third-order valence-corrected chi connectivity index (χ3v) is 2.98. The van der Waals surface area contributed by atoms with Gasteiger partial charge in [0.1, 0.15) is 0 Å². The molecule has 0 amide bonds. The van der Waals surface area contributed by atoms with E-state index >= 15 is 0 Å². The molecule has 0 heterocycles. The minimum Gasteiger partial charge on any atom is -0.481 e. The topological polar surface area (TPSA) is 49.3 Å². The summed E-state index contributed by atoms with van der Waals surface area (Å²) < 4.78 is 0. The van der Waals surface area contributed by atoms with Crippen LogP contribution in [0.3, 0.4) is 0 Å². The average Bonchev–Trinajstić information content (AvgIpc) is 2.34. The summed E-state index contributed by atoms with van der Waals surface area (Å²) in [7, 11) is 0. The van der Waals surface area contributed by atoms with E-state index in [-0.39, 0.29) is 6.42 Å². The highest BCUT2D eigenvalue weighted by atomic mass is 16.4. The Morgan fingerprint density at radius 1 is 1.11 bits per heavy atom. The van der Waals surface area contributed by atoms with Crippen LogP contribution in [-0.2, 0) is 11.2 Å². The standard InChI is InChI=1S/C16H17NO2/c1-11-3-6-14(7-4-11)17-15-8-5-13(9-12(15)2)10-16(18)19/h3-9,17H,10H2,1-2H3,(H,18,19). The van der Waals surface area contributed by atoms with E-state index < -0.39 is 5.97 Å². The monoisotopic (exact) mass is 255 g/mol. The number of aryl methyl sites for hydroxylation is 2. The van der Waals surface area contributed by atoms with Gasteiger partial charge < -0.3 is 10.4 Å². The normalized spacial score (nSPS) is 10.2. The summed E-state index contributed by atoms with van der Waals surface area (Å²) in [5.74, 6) is -0.807. The molecule has 2 rings (SSSR count). The molecule has 0 atom stereocenters. The molecule has 0 unspecified atom stereocenters. The minimum atomic E-state index is -0.807. The highest BCUT2D eigenvalue weighted by molar-refractivity contribution is 5.71. The zero-order valence-electron chi connectivity index (χ0n) is 11.1. The molecule has 2 N–H and O–H groups in total. The Bertz CT molecular complexity index is 588. The maximum atomic E-state index is 10.7. The quantitative estimate of drug-likeness (QED) is 0.876. The van der Waals surface area contributed by atoms with Gasteiger partial charge in [0.2, 0.25) is 0 Å². The first-order valence-corrected chi connectivity index (χ1v) is 6.19. The molecule has 2 aromatic carbocycles. The Labute approximate surface area is 112 Å². The van der Waals surface area contributed by atoms with Crippen molar-refractivity contribution < 1.29 is 9.90 Å². The van der Waals surface area contributed by atoms with E-state index in [2.05, 4.69) is 24.4 Å². The van der Waals surface area contributed by atoms with Crippen molar-refractivity contribution in [1.82, 2.24) is 0 Å². The number of nitrogens with one attached hydrogen (secondary N) is 1. The Hall–Kier alpha value is -2.29. The fraction of sp³-hybridized carbons (Fsp3) is 0.188. The van der Waals surface area contributed by atoms with Crippen LogP contribution in [0.25, 0.3) is 0 Å². The molecule has 0 aliphatic rings. The molecule has 3 heteroatoms. The van der Waals surface area contributed by atoms with Crippen LogP contribution in [0.15, 0.2) is 42.5 Å². The van der Waals surface area contributed by atoms with Gasteiger partial charge in [0.15, 0.2) is 0 Å². The molecule has 0 aromatic heterocycles. The summed E-state index contributed by atoms with van der Waals surface area (Å²) in [6, 6.07) is 13.8. The van der Waals surface area contributed by atoms with Crippen molar-refractivity contribution in [3.8, 4) is 0 Å². The van der Waals surface area contributed by atoms with E-state index in [0.29, 0.717) is 0 Å². The Morgan fingerprint density at radius 3 is 2.37 bits per heavy atom. The smallest absolute Gasteiger partial charge is 0.307 e. The van der Waals surface area contributed by atoms with Crippen LogP contribution in [-0.4, -0.2) is 11.1 Å². The Balaban J connectivity index is 2.17. The zero-order chi connectivity index (χ0) is 13.8. The number of aliphatic carboxylic acids is 1. The maximum absolute atomic E-state index is 10.7. The molecule has 19 heavy (non-hydrogen) atoms. The van der Waals surface area contributed by atoms with E-state index in [0.717, 1.165) is 22.5 Å². The molecule has 0 aliphatic heterocycles. The lowest BCUT2D eigenvalue weighted by atomic mass is 10.1. The van der Waals surface area contributed by atoms with Crippen molar-refractivity contribution >= 4 is 17.3 Å². The van der Waals surface area contributed by atoms with E-state index in [4.69, 9.17) is 5.11 Å². The van der Waals surface area contributed by atoms with Gasteiger partial charge in [-0.05, 0) is 43.2 Å². The van der Waals surface area contributed by atoms with Crippen LogP contribution < -0.4 is 5.32 Å². The van der Waals surface area contributed by atoms with E-state index in [9.17, 15) is 4.79 Å². The Kier molecular flexibility index (Phi) is 3.85. The van der Waals surface area contributed by atoms with Crippen molar-refractivity contribution in [3.63, 3.8) is 0 Å². The minimum absolute atomic E-state index is 0.0612. The lowest BCUT2D eigenvalue weighted by Crippen LogP contribution is -2.01. The van der Waals surface area contributed by atoms with Gasteiger partial charge in [-0.3, -0.25) is 4.79 Å². The fourth-order valence-electron chi connectivity index (χ4n) is 1.94. The second kappa shape index (κ2) is 5.57. The van der Waals surface area contributed by atoms with Gasteiger partial charge >= 0.3 is 5.97 Å². The number of hydrogen-bond acceptors (Lipinski definition) is 2. The molecule has 2 aromatic rings. The second-order valence-electron chi connectivity index (χ2n) is 4.71. The summed E-state index contributed by atoms with van der Waals surface area (Å²) in [4.78, 5) is 10.7. The van der Waals surface area contributed by atoms with Crippen LogP contribution in [0, 0.1) is 13.8 Å². The predicted octanol–water partition coefficient (Wildman–Crippen LogP) is 3.67. The Morgan fingerprint density at radius 2 is 1.79 bits per heavy atom. The molecule has 0 fully saturated rings. The van der Waals surface area contributed by atoms with E-state index in [1.54, 1.807) is 0 Å². The van der Waals surface area contributed by atoms with Crippen LogP contribution >= 0.6 is 0 Å². The third kappa shape index (κ3) is 3.58. The number of rotatable bonds is 4. The zero-order valence-corrected chi connectivity index (χ0v) is 11.1. The van der Waals surface area contributed by atoms with Gasteiger partial charge in [0.25, 0.3) is 0 Å². The molecular weight excluding hydrogens is 238 g/mol. The SMILES string of the molecule is Cc1ccc(Nc2ccc(CC(=O)O)cc2C)cc1. The summed E-state index contributed by atoms with van der Waals surface area (Å²) in [5.41, 5.74) is 5.11. The summed E-state index contributed by atoms with van der Waals surface area (Å²) >= 11 is 0. The first kappa shape index (κ1) is 13.1. The van der Waals surface area contributed by atoms with Crippen LogP contribution in [0.1, 0.15) is 16.7 Å².